The minimum absolute atomic E-state index is 0.0658. The summed E-state index contributed by atoms with van der Waals surface area (Å²) in [5.41, 5.74) is 0.718. The molecule has 0 unspecified atom stereocenters. The predicted molar refractivity (Wildman–Crippen MR) is 102 cm³/mol. The summed E-state index contributed by atoms with van der Waals surface area (Å²) in [5, 5.41) is 24.3. The van der Waals surface area contributed by atoms with Gasteiger partial charge in [0.15, 0.2) is 0 Å². The fourth-order valence-electron chi connectivity index (χ4n) is 2.08. The van der Waals surface area contributed by atoms with Crippen LogP contribution in [-0.4, -0.2) is 49.3 Å². The van der Waals surface area contributed by atoms with Crippen LogP contribution in [0.2, 0.25) is 0 Å². The Morgan fingerprint density at radius 1 is 1.08 bits per heavy atom. The van der Waals surface area contributed by atoms with Crippen molar-refractivity contribution in [3.05, 3.63) is 54.6 Å². The van der Waals surface area contributed by atoms with Crippen LogP contribution < -0.4 is 5.32 Å². The highest BCUT2D eigenvalue weighted by molar-refractivity contribution is 7.99. The number of carbonyl (C=O) groups is 1. The second-order valence-electron chi connectivity index (χ2n) is 5.19. The number of aromatic nitrogens is 4. The molecule has 0 radical (unpaired) electrons. The van der Waals surface area contributed by atoms with Crippen LogP contribution in [0.5, 0.6) is 5.75 Å². The number of hydrogen-bond acceptors (Lipinski definition) is 7. The molecule has 9 heteroatoms. The number of nitrogens with one attached hydrogen (secondary N) is 1. The minimum Gasteiger partial charge on any atom is -0.508 e. The first-order chi connectivity index (χ1) is 12.7. The molecule has 3 rings (SSSR count). The lowest BCUT2D eigenvalue weighted by atomic mass is 10.3. The number of tetrazole rings is 1. The number of phenols is 1. The molecule has 3 aromatic rings. The van der Waals surface area contributed by atoms with E-state index in [0.717, 1.165) is 11.4 Å². The molecule has 2 aromatic carbocycles. The van der Waals surface area contributed by atoms with Gasteiger partial charge in [-0.2, -0.15) is 4.68 Å². The van der Waals surface area contributed by atoms with Crippen LogP contribution in [0.15, 0.2) is 64.6 Å². The summed E-state index contributed by atoms with van der Waals surface area (Å²) in [6.45, 7) is 0.599. The number of carbonyl (C=O) groups excluding carboxylic acids is 1. The summed E-state index contributed by atoms with van der Waals surface area (Å²) in [5.74, 6) is 1.15. The highest BCUT2D eigenvalue weighted by atomic mass is 32.2. The number of benzene rings is 2. The van der Waals surface area contributed by atoms with Gasteiger partial charge in [-0.25, -0.2) is 0 Å². The van der Waals surface area contributed by atoms with Crippen LogP contribution >= 0.6 is 23.5 Å². The molecule has 1 aromatic heterocycles. The molecule has 0 atom stereocenters. The minimum atomic E-state index is -0.0658. The average Bonchev–Trinajstić information content (AvgIpc) is 3.14. The monoisotopic (exact) mass is 387 g/mol. The van der Waals surface area contributed by atoms with E-state index in [1.807, 2.05) is 30.3 Å². The molecule has 26 heavy (non-hydrogen) atoms. The lowest BCUT2D eigenvalue weighted by molar-refractivity contribution is -0.118. The van der Waals surface area contributed by atoms with Crippen molar-refractivity contribution in [3.63, 3.8) is 0 Å². The van der Waals surface area contributed by atoms with Gasteiger partial charge >= 0.3 is 0 Å². The van der Waals surface area contributed by atoms with Crippen LogP contribution in [0.4, 0.5) is 0 Å². The molecule has 0 fully saturated rings. The molecular formula is C17H17N5O2S2. The molecule has 0 aliphatic rings. The van der Waals surface area contributed by atoms with Gasteiger partial charge in [0.05, 0.1) is 11.4 Å². The molecule has 0 aliphatic carbocycles. The quantitative estimate of drug-likeness (QED) is 0.453. The topological polar surface area (TPSA) is 92.9 Å². The third-order valence-corrected chi connectivity index (χ3v) is 5.24. The number of rotatable bonds is 8. The van der Waals surface area contributed by atoms with Crippen LogP contribution in [0.1, 0.15) is 0 Å². The van der Waals surface area contributed by atoms with Gasteiger partial charge in [-0.15, -0.1) is 16.9 Å². The summed E-state index contributed by atoms with van der Waals surface area (Å²) in [7, 11) is 0. The van der Waals surface area contributed by atoms with Crippen molar-refractivity contribution in [1.82, 2.24) is 25.5 Å². The first-order valence-electron chi connectivity index (χ1n) is 7.87. The Morgan fingerprint density at radius 2 is 1.85 bits per heavy atom. The number of nitrogens with zero attached hydrogens (tertiary/aromatic N) is 4. The van der Waals surface area contributed by atoms with Crippen molar-refractivity contribution >= 4 is 29.4 Å². The van der Waals surface area contributed by atoms with Gasteiger partial charge in [-0.3, -0.25) is 4.79 Å². The zero-order valence-corrected chi connectivity index (χ0v) is 15.4. The zero-order valence-electron chi connectivity index (χ0n) is 13.8. The number of thioether (sulfide) groups is 2. The molecular weight excluding hydrogens is 370 g/mol. The van der Waals surface area contributed by atoms with Gasteiger partial charge in [0.1, 0.15) is 5.75 Å². The Labute approximate surface area is 159 Å². The summed E-state index contributed by atoms with van der Waals surface area (Å²) in [6.07, 6.45) is 0. The van der Waals surface area contributed by atoms with Crippen molar-refractivity contribution < 1.29 is 9.90 Å². The van der Waals surface area contributed by atoms with Gasteiger partial charge in [0, 0.05) is 17.2 Å². The number of aromatic hydroxyl groups is 1. The van der Waals surface area contributed by atoms with E-state index in [4.69, 9.17) is 0 Å². The molecule has 134 valence electrons. The molecule has 0 saturated carbocycles. The first kappa shape index (κ1) is 18.3. The van der Waals surface area contributed by atoms with E-state index < -0.39 is 0 Å². The van der Waals surface area contributed by atoms with Crippen molar-refractivity contribution in [1.29, 1.82) is 0 Å². The fourth-order valence-corrected chi connectivity index (χ4v) is 3.59. The SMILES string of the molecule is O=C(CSc1nnnn1-c1ccc(O)cc1)NCCSc1ccccc1. The van der Waals surface area contributed by atoms with E-state index in [1.165, 1.54) is 21.3 Å². The molecule has 0 bridgehead atoms. The van der Waals surface area contributed by atoms with Crippen molar-refractivity contribution in [3.8, 4) is 11.4 Å². The standard InChI is InChI=1S/C17H17N5O2S2/c23-14-8-6-13(7-9-14)22-17(19-20-21-22)26-12-16(24)18-10-11-25-15-4-2-1-3-5-15/h1-9,23H,10-12H2,(H,18,24). The second-order valence-corrected chi connectivity index (χ2v) is 7.30. The average molecular weight is 387 g/mol. The molecule has 7 nitrogen and oxygen atoms in total. The number of hydrogen-bond donors (Lipinski definition) is 2. The van der Waals surface area contributed by atoms with E-state index in [-0.39, 0.29) is 17.4 Å². The Balaban J connectivity index is 1.43. The Hall–Kier alpha value is -2.52. The lowest BCUT2D eigenvalue weighted by Gasteiger charge is -2.06. The van der Waals surface area contributed by atoms with Crippen LogP contribution in [-0.2, 0) is 4.79 Å². The van der Waals surface area contributed by atoms with Gasteiger partial charge < -0.3 is 10.4 Å². The van der Waals surface area contributed by atoms with E-state index >= 15 is 0 Å². The van der Waals surface area contributed by atoms with Crippen LogP contribution in [0.25, 0.3) is 5.69 Å². The normalized spacial score (nSPS) is 10.6. The second kappa shape index (κ2) is 9.25. The Bertz CT molecular complexity index is 840. The van der Waals surface area contributed by atoms with Crippen LogP contribution in [0.3, 0.4) is 0 Å². The van der Waals surface area contributed by atoms with E-state index in [1.54, 1.807) is 36.0 Å². The number of phenolic OH excluding ortho intramolecular Hbond substituents is 1. The van der Waals surface area contributed by atoms with Crippen molar-refractivity contribution in [2.75, 3.05) is 18.1 Å². The Kier molecular flexibility index (Phi) is 6.50. The smallest absolute Gasteiger partial charge is 0.230 e. The molecule has 1 amide bonds. The fraction of sp³-hybridized carbons (Fsp3) is 0.176. The molecule has 1 heterocycles. The number of amides is 1. The maximum Gasteiger partial charge on any atom is 0.230 e. The Morgan fingerprint density at radius 3 is 2.62 bits per heavy atom. The highest BCUT2D eigenvalue weighted by Gasteiger charge is 2.11. The predicted octanol–water partition coefficient (Wildman–Crippen LogP) is 2.37. The third kappa shape index (κ3) is 5.24. The van der Waals surface area contributed by atoms with Crippen molar-refractivity contribution in [2.24, 2.45) is 0 Å². The maximum atomic E-state index is 12.0. The van der Waals surface area contributed by atoms with Gasteiger partial charge in [-0.05, 0) is 46.8 Å². The molecule has 0 saturated heterocycles. The third-order valence-electron chi connectivity index (χ3n) is 3.30. The zero-order chi connectivity index (χ0) is 18.2. The van der Waals surface area contributed by atoms with Gasteiger partial charge in [0.25, 0.3) is 0 Å². The maximum absolute atomic E-state index is 12.0. The van der Waals surface area contributed by atoms with Gasteiger partial charge in [-0.1, -0.05) is 30.0 Å². The molecule has 2 N–H and O–H groups in total. The summed E-state index contributed by atoms with van der Waals surface area (Å²) >= 11 is 2.96. The van der Waals surface area contributed by atoms with E-state index in [0.29, 0.717) is 11.7 Å². The van der Waals surface area contributed by atoms with Crippen LogP contribution in [0, 0.1) is 0 Å². The summed E-state index contributed by atoms with van der Waals surface area (Å²) in [4.78, 5) is 13.2. The highest BCUT2D eigenvalue weighted by Crippen LogP contribution is 2.20. The molecule has 0 spiro atoms. The largest absolute Gasteiger partial charge is 0.508 e. The van der Waals surface area contributed by atoms with E-state index in [2.05, 4.69) is 20.8 Å². The van der Waals surface area contributed by atoms with Gasteiger partial charge in [0.2, 0.25) is 11.1 Å². The van der Waals surface area contributed by atoms with Crippen molar-refractivity contribution in [2.45, 2.75) is 10.1 Å². The van der Waals surface area contributed by atoms with E-state index in [9.17, 15) is 9.90 Å². The summed E-state index contributed by atoms with van der Waals surface area (Å²) in [6, 6.07) is 16.6. The summed E-state index contributed by atoms with van der Waals surface area (Å²) < 4.78 is 1.53. The molecule has 0 aliphatic heterocycles. The lowest BCUT2D eigenvalue weighted by Crippen LogP contribution is -2.27. The first-order valence-corrected chi connectivity index (χ1v) is 9.84.